The van der Waals surface area contributed by atoms with Crippen LogP contribution in [0.25, 0.3) is 0 Å². The van der Waals surface area contributed by atoms with Gasteiger partial charge in [-0.25, -0.2) is 0 Å². The molecule has 0 aliphatic heterocycles. The summed E-state index contributed by atoms with van der Waals surface area (Å²) in [6, 6.07) is 7.30. The van der Waals surface area contributed by atoms with E-state index in [0.29, 0.717) is 12.5 Å². The van der Waals surface area contributed by atoms with Gasteiger partial charge in [0.15, 0.2) is 0 Å². The third-order valence-electron chi connectivity index (χ3n) is 1.81. The molecule has 0 saturated heterocycles. The molecule has 0 fully saturated rings. The highest BCUT2D eigenvalue weighted by molar-refractivity contribution is 6.63. The Bertz CT molecular complexity index is 309. The molecule has 0 spiro atoms. The first kappa shape index (κ1) is 12.3. The van der Waals surface area contributed by atoms with Gasteiger partial charge in [-0.15, -0.1) is 11.6 Å². The normalized spacial score (nSPS) is 10.0. The number of halogens is 2. The van der Waals surface area contributed by atoms with Gasteiger partial charge in [-0.2, -0.15) is 0 Å². The van der Waals surface area contributed by atoms with Crippen LogP contribution in [0.3, 0.4) is 0 Å². The molecule has 2 nitrogen and oxygen atoms in total. The fourth-order valence-electron chi connectivity index (χ4n) is 1.11. The number of alkyl halides is 1. The molecule has 0 amide bonds. The zero-order valence-corrected chi connectivity index (χ0v) is 9.72. The van der Waals surface area contributed by atoms with Crippen LogP contribution in [0.5, 0.6) is 5.75 Å². The Kier molecular flexibility index (Phi) is 5.51. The summed E-state index contributed by atoms with van der Waals surface area (Å²) in [6.45, 7) is 0.608. The third kappa shape index (κ3) is 5.05. The van der Waals surface area contributed by atoms with Crippen molar-refractivity contribution in [2.45, 2.75) is 12.8 Å². The second-order valence-corrected chi connectivity index (χ2v) is 3.87. The molecular weight excluding hydrogens is 235 g/mol. The van der Waals surface area contributed by atoms with Crippen molar-refractivity contribution in [1.29, 1.82) is 0 Å². The van der Waals surface area contributed by atoms with E-state index in [1.165, 1.54) is 0 Å². The van der Waals surface area contributed by atoms with Gasteiger partial charge in [0.1, 0.15) is 5.75 Å². The summed E-state index contributed by atoms with van der Waals surface area (Å²) >= 11 is 10.8. The van der Waals surface area contributed by atoms with Crippen molar-refractivity contribution in [3.05, 3.63) is 29.8 Å². The molecule has 82 valence electrons. The molecule has 0 N–H and O–H groups in total. The second-order valence-electron chi connectivity index (χ2n) is 3.07. The summed E-state index contributed by atoms with van der Waals surface area (Å²) in [6.07, 6.45) is 1.08. The molecule has 15 heavy (non-hydrogen) atoms. The van der Waals surface area contributed by atoms with Gasteiger partial charge < -0.3 is 4.74 Å². The second kappa shape index (κ2) is 6.70. The first-order valence-corrected chi connectivity index (χ1v) is 5.59. The van der Waals surface area contributed by atoms with Gasteiger partial charge in [-0.3, -0.25) is 4.79 Å². The molecule has 0 radical (unpaired) electrons. The van der Waals surface area contributed by atoms with Crippen LogP contribution in [-0.4, -0.2) is 17.7 Å². The Morgan fingerprint density at radius 1 is 1.27 bits per heavy atom. The van der Waals surface area contributed by atoms with Gasteiger partial charge in [-0.05, 0) is 35.7 Å². The van der Waals surface area contributed by atoms with Crippen LogP contribution in [-0.2, 0) is 11.2 Å². The Labute approximate surface area is 99.1 Å². The highest BCUT2D eigenvalue weighted by Gasteiger charge is 1.99. The highest BCUT2D eigenvalue weighted by atomic mass is 35.5. The van der Waals surface area contributed by atoms with E-state index >= 15 is 0 Å². The van der Waals surface area contributed by atoms with E-state index in [0.717, 1.165) is 17.7 Å². The average Bonchev–Trinajstić information content (AvgIpc) is 2.20. The lowest BCUT2D eigenvalue weighted by Crippen LogP contribution is -1.98. The third-order valence-corrected chi connectivity index (χ3v) is 2.21. The quantitative estimate of drug-likeness (QED) is 0.438. The molecule has 0 heterocycles. The maximum absolute atomic E-state index is 10.6. The minimum absolute atomic E-state index is 0.253. The van der Waals surface area contributed by atoms with Crippen molar-refractivity contribution < 1.29 is 9.53 Å². The summed E-state index contributed by atoms with van der Waals surface area (Å²) in [5.41, 5.74) is 0.889. The van der Waals surface area contributed by atoms with Crippen molar-refractivity contribution in [3.8, 4) is 5.75 Å². The molecule has 0 unspecified atom stereocenters. The summed E-state index contributed by atoms with van der Waals surface area (Å²) < 4.78 is 5.40. The summed E-state index contributed by atoms with van der Waals surface area (Å²) in [7, 11) is 0. The SMILES string of the molecule is O=C(Cl)Cc1ccc(OCCCCl)cc1. The molecule has 1 rings (SSSR count). The molecule has 1 aromatic rings. The number of carbonyl (C=O) groups excluding carboxylic acids is 1. The van der Waals surface area contributed by atoms with E-state index < -0.39 is 0 Å². The van der Waals surface area contributed by atoms with Gasteiger partial charge in [0.2, 0.25) is 5.24 Å². The molecule has 0 aliphatic rings. The number of benzene rings is 1. The monoisotopic (exact) mass is 246 g/mol. The molecule has 0 atom stereocenters. The fourth-order valence-corrected chi connectivity index (χ4v) is 1.37. The molecule has 0 aromatic heterocycles. The Hall–Kier alpha value is -0.730. The molecule has 1 aromatic carbocycles. The smallest absolute Gasteiger partial charge is 0.226 e. The fraction of sp³-hybridized carbons (Fsp3) is 0.364. The predicted molar refractivity (Wildman–Crippen MR) is 61.8 cm³/mol. The Morgan fingerprint density at radius 3 is 2.47 bits per heavy atom. The molecule has 0 saturated carbocycles. The maximum atomic E-state index is 10.6. The van der Waals surface area contributed by atoms with Crippen molar-refractivity contribution in [2.24, 2.45) is 0 Å². The summed E-state index contributed by atoms with van der Waals surface area (Å²) in [4.78, 5) is 10.6. The Morgan fingerprint density at radius 2 is 1.93 bits per heavy atom. The number of rotatable bonds is 6. The first-order valence-electron chi connectivity index (χ1n) is 4.68. The van der Waals surface area contributed by atoms with Gasteiger partial charge in [0, 0.05) is 12.3 Å². The summed E-state index contributed by atoms with van der Waals surface area (Å²) in [5, 5.41) is -0.356. The lowest BCUT2D eigenvalue weighted by Gasteiger charge is -2.05. The maximum Gasteiger partial charge on any atom is 0.226 e. The van der Waals surface area contributed by atoms with E-state index in [-0.39, 0.29) is 11.7 Å². The van der Waals surface area contributed by atoms with E-state index in [9.17, 15) is 4.79 Å². The van der Waals surface area contributed by atoms with E-state index in [1.54, 1.807) is 0 Å². The van der Waals surface area contributed by atoms with Crippen molar-refractivity contribution in [3.63, 3.8) is 0 Å². The van der Waals surface area contributed by atoms with Crippen LogP contribution >= 0.6 is 23.2 Å². The number of hydrogen-bond acceptors (Lipinski definition) is 2. The van der Waals surface area contributed by atoms with Crippen LogP contribution in [0.2, 0.25) is 0 Å². The van der Waals surface area contributed by atoms with Crippen LogP contribution in [0.4, 0.5) is 0 Å². The molecular formula is C11H12Cl2O2. The van der Waals surface area contributed by atoms with E-state index in [1.807, 2.05) is 24.3 Å². The van der Waals surface area contributed by atoms with Crippen LogP contribution < -0.4 is 4.74 Å². The topological polar surface area (TPSA) is 26.3 Å². The Balaban J connectivity index is 2.45. The molecule has 0 bridgehead atoms. The average molecular weight is 247 g/mol. The zero-order chi connectivity index (χ0) is 11.1. The highest BCUT2D eigenvalue weighted by Crippen LogP contribution is 2.13. The van der Waals surface area contributed by atoms with Crippen LogP contribution in [0, 0.1) is 0 Å². The lowest BCUT2D eigenvalue weighted by molar-refractivity contribution is -0.111. The van der Waals surface area contributed by atoms with Gasteiger partial charge >= 0.3 is 0 Å². The minimum Gasteiger partial charge on any atom is -0.494 e. The number of ether oxygens (including phenoxy) is 1. The lowest BCUT2D eigenvalue weighted by atomic mass is 10.2. The number of carbonyl (C=O) groups is 1. The number of hydrogen-bond donors (Lipinski definition) is 0. The standard InChI is InChI=1S/C11H12Cl2O2/c12-6-1-7-15-10-4-2-9(3-5-10)8-11(13)14/h2-5H,1,6-8H2. The van der Waals surface area contributed by atoms with Crippen molar-refractivity contribution >= 4 is 28.4 Å². The van der Waals surface area contributed by atoms with Crippen molar-refractivity contribution in [2.75, 3.05) is 12.5 Å². The largest absolute Gasteiger partial charge is 0.494 e. The van der Waals surface area contributed by atoms with Gasteiger partial charge in [0.25, 0.3) is 0 Å². The van der Waals surface area contributed by atoms with E-state index in [2.05, 4.69) is 0 Å². The molecule has 0 aliphatic carbocycles. The van der Waals surface area contributed by atoms with Crippen molar-refractivity contribution in [1.82, 2.24) is 0 Å². The van der Waals surface area contributed by atoms with Crippen LogP contribution in [0.1, 0.15) is 12.0 Å². The molecule has 4 heteroatoms. The van der Waals surface area contributed by atoms with Crippen LogP contribution in [0.15, 0.2) is 24.3 Å². The summed E-state index contributed by atoms with van der Waals surface area (Å²) in [5.74, 6) is 1.38. The zero-order valence-electron chi connectivity index (χ0n) is 8.21. The first-order chi connectivity index (χ1) is 7.22. The predicted octanol–water partition coefficient (Wildman–Crippen LogP) is 3.00. The van der Waals surface area contributed by atoms with E-state index in [4.69, 9.17) is 27.9 Å². The van der Waals surface area contributed by atoms with Gasteiger partial charge in [0.05, 0.1) is 6.61 Å². The minimum atomic E-state index is -0.356. The van der Waals surface area contributed by atoms with Gasteiger partial charge in [-0.1, -0.05) is 12.1 Å².